The van der Waals surface area contributed by atoms with Crippen LogP contribution in [-0.4, -0.2) is 42.3 Å². The van der Waals surface area contributed by atoms with Gasteiger partial charge >= 0.3 is 11.9 Å². The Kier molecular flexibility index (Phi) is 6.61. The van der Waals surface area contributed by atoms with Crippen LogP contribution in [0.15, 0.2) is 48.8 Å². The molecule has 116 valence electrons. The minimum absolute atomic E-state index is 0.153. The van der Waals surface area contributed by atoms with E-state index in [9.17, 15) is 9.59 Å². The normalized spacial score (nSPS) is 12.5. The van der Waals surface area contributed by atoms with Gasteiger partial charge in [-0.05, 0) is 24.3 Å². The second-order valence-corrected chi connectivity index (χ2v) is 3.99. The second-order valence-electron chi connectivity index (χ2n) is 3.99. The maximum Gasteiger partial charge on any atom is 0.338 e. The highest BCUT2D eigenvalue weighted by molar-refractivity contribution is 5.73. The Hall–Kier alpha value is -2.84. The van der Waals surface area contributed by atoms with Gasteiger partial charge in [0, 0.05) is 12.4 Å². The summed E-state index contributed by atoms with van der Waals surface area (Å²) in [6.45, 7) is 0. The number of aliphatic hydroxyl groups excluding tert-OH is 2. The Morgan fingerprint density at radius 2 is 1.14 bits per heavy atom. The molecule has 8 nitrogen and oxygen atoms in total. The number of aromatic nitrogens is 2. The summed E-state index contributed by atoms with van der Waals surface area (Å²) in [5.74, 6) is -2.58. The molecule has 0 fully saturated rings. The summed E-state index contributed by atoms with van der Waals surface area (Å²) >= 11 is 0. The molecule has 0 aromatic carbocycles. The number of nitrogens with zero attached hydrogens (tertiary/aromatic N) is 2. The molecule has 8 heteroatoms. The van der Waals surface area contributed by atoms with Crippen molar-refractivity contribution in [2.75, 3.05) is 0 Å². The first-order valence-electron chi connectivity index (χ1n) is 6.07. The summed E-state index contributed by atoms with van der Waals surface area (Å²) in [7, 11) is 0. The zero-order valence-corrected chi connectivity index (χ0v) is 11.3. The molecule has 0 unspecified atom stereocenters. The van der Waals surface area contributed by atoms with Crippen LogP contribution in [0.4, 0.5) is 0 Å². The van der Waals surface area contributed by atoms with E-state index in [2.05, 4.69) is 9.97 Å². The predicted molar refractivity (Wildman–Crippen MR) is 73.7 cm³/mol. The largest absolute Gasteiger partial charge is 0.479 e. The molecule has 2 atom stereocenters. The first kappa shape index (κ1) is 17.2. The Morgan fingerprint density at radius 3 is 1.36 bits per heavy atom. The third-order valence-corrected chi connectivity index (χ3v) is 2.40. The van der Waals surface area contributed by atoms with E-state index in [-0.39, 0.29) is 11.4 Å². The summed E-state index contributed by atoms with van der Waals surface area (Å²) in [5, 5.41) is 34.6. The van der Waals surface area contributed by atoms with Crippen molar-refractivity contribution in [3.8, 4) is 0 Å². The zero-order valence-electron chi connectivity index (χ0n) is 11.3. The third-order valence-electron chi connectivity index (χ3n) is 2.40. The molecule has 0 radical (unpaired) electrons. The maximum absolute atomic E-state index is 10.2. The van der Waals surface area contributed by atoms with Gasteiger partial charge in [0.05, 0.1) is 11.4 Å². The zero-order chi connectivity index (χ0) is 16.5. The van der Waals surface area contributed by atoms with Gasteiger partial charge < -0.3 is 20.4 Å². The number of carbonyl (C=O) groups is 2. The van der Waals surface area contributed by atoms with Gasteiger partial charge in [-0.15, -0.1) is 0 Å². The molecular formula is C14H14N2O6. The molecule has 0 aliphatic carbocycles. The van der Waals surface area contributed by atoms with Crippen LogP contribution in [0.5, 0.6) is 0 Å². The predicted octanol–water partition coefficient (Wildman–Crippen LogP) is 0.399. The van der Waals surface area contributed by atoms with E-state index in [0.29, 0.717) is 0 Å². The molecular weight excluding hydrogens is 292 g/mol. The Morgan fingerprint density at radius 1 is 0.773 bits per heavy atom. The van der Waals surface area contributed by atoms with E-state index < -0.39 is 24.1 Å². The number of carboxylic acid groups (broad SMARTS) is 2. The van der Waals surface area contributed by atoms with Gasteiger partial charge in [-0.2, -0.15) is 0 Å². The van der Waals surface area contributed by atoms with Gasteiger partial charge in [0.25, 0.3) is 0 Å². The number of aliphatic hydroxyl groups is 2. The van der Waals surface area contributed by atoms with Crippen LogP contribution in [0.3, 0.4) is 0 Å². The van der Waals surface area contributed by atoms with Crippen LogP contribution < -0.4 is 0 Å². The lowest BCUT2D eigenvalue weighted by atomic mass is 10.2. The molecule has 2 aromatic rings. The molecule has 0 saturated heterocycles. The van der Waals surface area contributed by atoms with Crippen molar-refractivity contribution in [3.05, 3.63) is 60.2 Å². The number of carboxylic acids is 2. The topological polar surface area (TPSA) is 141 Å². The van der Waals surface area contributed by atoms with Crippen molar-refractivity contribution in [1.82, 2.24) is 9.97 Å². The van der Waals surface area contributed by atoms with E-state index >= 15 is 0 Å². The van der Waals surface area contributed by atoms with Crippen LogP contribution in [0.1, 0.15) is 23.6 Å². The van der Waals surface area contributed by atoms with Crippen LogP contribution in [0, 0.1) is 0 Å². The number of rotatable bonds is 4. The van der Waals surface area contributed by atoms with Gasteiger partial charge in [0.2, 0.25) is 0 Å². The molecule has 0 amide bonds. The minimum Gasteiger partial charge on any atom is -0.479 e. The van der Waals surface area contributed by atoms with E-state index in [0.717, 1.165) is 0 Å². The Balaban J connectivity index is 0.000000220. The molecule has 4 N–H and O–H groups in total. The average molecular weight is 306 g/mol. The summed E-state index contributed by atoms with van der Waals surface area (Å²) in [5.41, 5.74) is 0.306. The highest BCUT2D eigenvalue weighted by Crippen LogP contribution is 2.08. The molecule has 2 aromatic heterocycles. The first-order chi connectivity index (χ1) is 10.4. The lowest BCUT2D eigenvalue weighted by Gasteiger charge is -2.02. The fourth-order valence-corrected chi connectivity index (χ4v) is 1.33. The van der Waals surface area contributed by atoms with Crippen molar-refractivity contribution in [2.45, 2.75) is 12.2 Å². The van der Waals surface area contributed by atoms with Crippen molar-refractivity contribution in [3.63, 3.8) is 0 Å². The summed E-state index contributed by atoms with van der Waals surface area (Å²) in [4.78, 5) is 27.8. The molecule has 0 saturated carbocycles. The highest BCUT2D eigenvalue weighted by Gasteiger charge is 2.16. The van der Waals surface area contributed by atoms with E-state index in [1.54, 1.807) is 24.3 Å². The van der Waals surface area contributed by atoms with Crippen LogP contribution in [0.2, 0.25) is 0 Å². The number of hydrogen-bond acceptors (Lipinski definition) is 6. The smallest absolute Gasteiger partial charge is 0.338 e. The maximum atomic E-state index is 10.2. The van der Waals surface area contributed by atoms with Gasteiger partial charge in [-0.3, -0.25) is 9.97 Å². The van der Waals surface area contributed by atoms with Crippen LogP contribution in [-0.2, 0) is 9.59 Å². The van der Waals surface area contributed by atoms with Crippen molar-refractivity contribution < 1.29 is 30.0 Å². The van der Waals surface area contributed by atoms with Gasteiger partial charge in [-0.25, -0.2) is 9.59 Å². The van der Waals surface area contributed by atoms with Gasteiger partial charge in [-0.1, -0.05) is 12.1 Å². The van der Waals surface area contributed by atoms with Gasteiger partial charge in [0.15, 0.2) is 12.2 Å². The molecule has 0 bridgehead atoms. The summed E-state index contributed by atoms with van der Waals surface area (Å²) in [6.07, 6.45) is -0.171. The second kappa shape index (κ2) is 8.45. The average Bonchev–Trinajstić information content (AvgIpc) is 2.55. The van der Waals surface area contributed by atoms with Crippen LogP contribution >= 0.6 is 0 Å². The van der Waals surface area contributed by atoms with E-state index in [4.69, 9.17) is 20.4 Å². The molecule has 22 heavy (non-hydrogen) atoms. The monoisotopic (exact) mass is 306 g/mol. The molecule has 0 spiro atoms. The standard InChI is InChI=1S/2C7H7NO3/c2*9-6(7(10)11)5-3-1-2-4-8-5/h2*1-4,6,9H,(H,10,11)/t2*6-/m10/s1. The molecule has 2 heterocycles. The van der Waals surface area contributed by atoms with E-state index in [1.165, 1.54) is 24.5 Å². The summed E-state index contributed by atoms with van der Waals surface area (Å²) < 4.78 is 0. The molecule has 2 rings (SSSR count). The lowest BCUT2D eigenvalue weighted by Crippen LogP contribution is -2.11. The third kappa shape index (κ3) is 5.27. The van der Waals surface area contributed by atoms with Gasteiger partial charge in [0.1, 0.15) is 0 Å². The fourth-order valence-electron chi connectivity index (χ4n) is 1.33. The quantitative estimate of drug-likeness (QED) is 0.636. The summed E-state index contributed by atoms with van der Waals surface area (Å²) in [6, 6.07) is 9.46. The molecule has 0 aliphatic heterocycles. The Bertz CT molecular complexity index is 550. The van der Waals surface area contributed by atoms with Crippen LogP contribution in [0.25, 0.3) is 0 Å². The molecule has 0 aliphatic rings. The Labute approximate surface area is 125 Å². The van der Waals surface area contributed by atoms with Crippen molar-refractivity contribution in [1.29, 1.82) is 0 Å². The minimum atomic E-state index is -1.52. The van der Waals surface area contributed by atoms with Crippen molar-refractivity contribution >= 4 is 11.9 Å². The highest BCUT2D eigenvalue weighted by atomic mass is 16.4. The lowest BCUT2D eigenvalue weighted by molar-refractivity contribution is -0.148. The van der Waals surface area contributed by atoms with Crippen molar-refractivity contribution in [2.24, 2.45) is 0 Å². The SMILES string of the molecule is O=C(O)[C@@H](O)c1ccccn1.O=C(O)[C@H](O)c1ccccn1. The first-order valence-corrected chi connectivity index (χ1v) is 6.07. The number of aliphatic carboxylic acids is 2. The fraction of sp³-hybridized carbons (Fsp3) is 0.143. The van der Waals surface area contributed by atoms with E-state index in [1.807, 2.05) is 0 Å². The number of pyridine rings is 2. The number of hydrogen-bond donors (Lipinski definition) is 4.